The van der Waals surface area contributed by atoms with Gasteiger partial charge in [0.15, 0.2) is 0 Å². The highest BCUT2D eigenvalue weighted by Crippen LogP contribution is 2.56. The second kappa shape index (κ2) is 32.7. The van der Waals surface area contributed by atoms with Gasteiger partial charge in [0.2, 0.25) is 0 Å². The first-order chi connectivity index (χ1) is 72.0. The zero-order chi connectivity index (χ0) is 95.0. The molecule has 7 aromatic heterocycles. The van der Waals surface area contributed by atoms with Crippen LogP contribution in [0.1, 0.15) is 0 Å². The van der Waals surface area contributed by atoms with Crippen molar-refractivity contribution in [2.45, 2.75) is 0 Å². The molecule has 0 atom stereocenters. The minimum Gasteiger partial charge on any atom is -0.309 e. The highest BCUT2D eigenvalue weighted by atomic mass is 15.0. The Bertz CT molecular complexity index is 10700. The third-order valence-corrected chi connectivity index (χ3v) is 31.0. The van der Waals surface area contributed by atoms with Crippen molar-refractivity contribution in [3.8, 4) is 128 Å². The summed E-state index contributed by atoms with van der Waals surface area (Å²) in [5, 5.41) is 23.3. The van der Waals surface area contributed by atoms with Gasteiger partial charge in [-0.25, -0.2) is 0 Å². The Balaban J connectivity index is 0.000000101. The van der Waals surface area contributed by atoms with Crippen molar-refractivity contribution in [1.82, 2.24) is 22.5 Å². The molecule has 0 unspecified atom stereocenters. The SMILES string of the molecule is c1ccc(-c2ccccc2-c2ccc(-n3c4cccc5c6ccccc6n6c7ccc8ccccc8c7c7ccc3c(c54)c76)cc2)cc1.c1ccc(-c2ccccc2-c2ccc(-n3c4cccc5c6ccccc6n6c7ccccc7c7cc(-c8ccccc8)c3c(c54)c76)cc2)cc1.c1ccc(-c2ccccc2-c2cccc(-n3c4ccc(-c5ccccc5)c5c4c4c6c(cccc6ccc43)-c3ccccc3-5)c2)cc1. The van der Waals surface area contributed by atoms with Crippen molar-refractivity contribution < 1.29 is 0 Å². The summed E-state index contributed by atoms with van der Waals surface area (Å²) >= 11 is 0. The van der Waals surface area contributed by atoms with E-state index >= 15 is 0 Å². The summed E-state index contributed by atoms with van der Waals surface area (Å²) in [4.78, 5) is 0. The van der Waals surface area contributed by atoms with Gasteiger partial charge in [0.25, 0.3) is 0 Å². The third-order valence-electron chi connectivity index (χ3n) is 31.0. The first-order valence-corrected chi connectivity index (χ1v) is 50.2. The van der Waals surface area contributed by atoms with E-state index in [9.17, 15) is 0 Å². The minimum atomic E-state index is 1.15. The van der Waals surface area contributed by atoms with Gasteiger partial charge in [-0.05, 0) is 230 Å². The van der Waals surface area contributed by atoms with Crippen LogP contribution in [0.5, 0.6) is 0 Å². The van der Waals surface area contributed by atoms with E-state index in [1.54, 1.807) is 0 Å². The monoisotopic (exact) mass is 1840 g/mol. The van der Waals surface area contributed by atoms with Gasteiger partial charge < -0.3 is 22.5 Å². The number of hydrogen-bond donors (Lipinski definition) is 0. The summed E-state index contributed by atoms with van der Waals surface area (Å²) in [5.41, 5.74) is 43.2. The second-order valence-corrected chi connectivity index (χ2v) is 38.6. The van der Waals surface area contributed by atoms with E-state index in [1.807, 2.05) is 0 Å². The molecular formula is C140H87N5. The van der Waals surface area contributed by atoms with Crippen LogP contribution >= 0.6 is 0 Å². The van der Waals surface area contributed by atoms with Gasteiger partial charge in [-0.15, -0.1) is 0 Å². The van der Waals surface area contributed by atoms with Crippen molar-refractivity contribution in [1.29, 1.82) is 0 Å². The Hall–Kier alpha value is -19.2. The van der Waals surface area contributed by atoms with Gasteiger partial charge in [0.1, 0.15) is 0 Å². The molecule has 0 saturated heterocycles. The van der Waals surface area contributed by atoms with Gasteiger partial charge >= 0.3 is 0 Å². The van der Waals surface area contributed by atoms with Crippen LogP contribution < -0.4 is 0 Å². The maximum absolute atomic E-state index is 2.53. The molecule has 0 radical (unpaired) electrons. The predicted octanol–water partition coefficient (Wildman–Crippen LogP) is 37.9. The zero-order valence-electron chi connectivity index (χ0n) is 79.0. The Labute approximate surface area is 835 Å². The molecule has 5 nitrogen and oxygen atoms in total. The Morgan fingerprint density at radius 2 is 0.462 bits per heavy atom. The Morgan fingerprint density at radius 1 is 0.117 bits per heavy atom. The maximum Gasteiger partial charge on any atom is 0.0642 e. The molecule has 0 N–H and O–H groups in total. The van der Waals surface area contributed by atoms with Gasteiger partial charge in [0, 0.05) is 92.8 Å². The molecule has 0 fully saturated rings. The average molecular weight is 1840 g/mol. The molecule has 0 aliphatic heterocycles. The van der Waals surface area contributed by atoms with E-state index in [2.05, 4.69) is 550 Å². The molecule has 0 spiro atoms. The molecular weight excluding hydrogens is 1750 g/mol. The van der Waals surface area contributed by atoms with Gasteiger partial charge in [-0.1, -0.05) is 431 Å². The molecule has 0 bridgehead atoms. The largest absolute Gasteiger partial charge is 0.309 e. The van der Waals surface area contributed by atoms with Gasteiger partial charge in [-0.3, -0.25) is 0 Å². The standard InChI is InChI=1S/C48H30N2.C46H28N2.C46H29N/c1-3-14-31(15-4-1)35-18-7-8-19-36(35)33-26-28-34(29-27-33)49-44-25-13-22-39-37-20-9-11-23-42(37)50-43-24-12-10-21-38(43)41-30-40(32-16-5-2-6-17-32)47(49)46(45(39)44)48(41)50;1-2-11-29(12-3-1)33-14-6-7-15-34(33)31-21-24-32(25-22-31)47-40-20-10-18-37-36-17-8-9-19-39(36)48-41-27-23-30-13-4-5-16-35(30)43(41)38-26-28-42(47)45(44(37)40)46(38)48;1-3-13-30(14-4-1)35-20-7-8-21-36(35)33-18-11-19-34(29-33)47-41-27-25-32-17-12-24-39-38-22-9-10-23-40(38)44-37(31-15-5-2-6-16-31)26-28-42(47)46(44)45(41)43(32)39/h1-30H;1-28H;1-29H. The third kappa shape index (κ3) is 12.4. The summed E-state index contributed by atoms with van der Waals surface area (Å²) in [6, 6.07) is 193. The number of nitrogens with zero attached hydrogens (tertiary/aromatic N) is 5. The first-order valence-electron chi connectivity index (χ1n) is 50.2. The summed E-state index contributed by atoms with van der Waals surface area (Å²) in [6.45, 7) is 0. The summed E-state index contributed by atoms with van der Waals surface area (Å²) < 4.78 is 12.5. The van der Waals surface area contributed by atoms with E-state index in [4.69, 9.17) is 0 Å². The topological polar surface area (TPSA) is 23.6 Å². The van der Waals surface area contributed by atoms with Crippen molar-refractivity contribution in [3.05, 3.63) is 528 Å². The van der Waals surface area contributed by atoms with Gasteiger partial charge in [-0.2, -0.15) is 0 Å². The van der Waals surface area contributed by atoms with Gasteiger partial charge in [0.05, 0.1) is 66.2 Å². The predicted molar refractivity (Wildman–Crippen MR) is 615 cm³/mol. The molecule has 145 heavy (non-hydrogen) atoms. The molecule has 1 aliphatic rings. The van der Waals surface area contributed by atoms with E-state index in [-0.39, 0.29) is 0 Å². The average Bonchev–Trinajstić information content (AvgIpc) is 1.51. The summed E-state index contributed by atoms with van der Waals surface area (Å²) in [7, 11) is 0. The van der Waals surface area contributed by atoms with Crippen LogP contribution in [0.4, 0.5) is 0 Å². The highest BCUT2D eigenvalue weighted by Gasteiger charge is 2.32. The fourth-order valence-corrected chi connectivity index (χ4v) is 25.0. The van der Waals surface area contributed by atoms with Crippen LogP contribution in [0.25, 0.3) is 291 Å². The summed E-state index contributed by atoms with van der Waals surface area (Å²) in [6.07, 6.45) is 0. The molecule has 672 valence electrons. The molecule has 0 amide bonds. The smallest absolute Gasteiger partial charge is 0.0642 e. The van der Waals surface area contributed by atoms with E-state index in [1.165, 1.54) is 274 Å². The lowest BCUT2D eigenvalue weighted by atomic mass is 9.88. The van der Waals surface area contributed by atoms with Crippen LogP contribution in [0, 0.1) is 0 Å². The lowest BCUT2D eigenvalue weighted by molar-refractivity contribution is 1.18. The maximum atomic E-state index is 2.53. The Kier molecular flexibility index (Phi) is 18.4. The molecule has 31 aromatic rings. The quantitative estimate of drug-likeness (QED) is 0.123. The van der Waals surface area contributed by atoms with Crippen LogP contribution in [-0.4, -0.2) is 22.5 Å². The van der Waals surface area contributed by atoms with Crippen LogP contribution in [-0.2, 0) is 0 Å². The van der Waals surface area contributed by atoms with Crippen LogP contribution in [0.15, 0.2) is 528 Å². The lowest BCUT2D eigenvalue weighted by Crippen LogP contribution is -1.97. The molecule has 1 aliphatic carbocycles. The van der Waals surface area contributed by atoms with Crippen molar-refractivity contribution >= 4 is 163 Å². The van der Waals surface area contributed by atoms with Crippen LogP contribution in [0.2, 0.25) is 0 Å². The molecule has 0 saturated carbocycles. The first kappa shape index (κ1) is 81.8. The van der Waals surface area contributed by atoms with Crippen molar-refractivity contribution in [3.63, 3.8) is 0 Å². The summed E-state index contributed by atoms with van der Waals surface area (Å²) in [5.74, 6) is 0. The number of para-hydroxylation sites is 3. The number of fused-ring (bicyclic) bond motifs is 17. The molecule has 24 aromatic carbocycles. The number of benzene rings is 24. The molecule has 5 heteroatoms. The fourth-order valence-electron chi connectivity index (χ4n) is 25.0. The number of rotatable bonds is 11. The highest BCUT2D eigenvalue weighted by molar-refractivity contribution is 6.38. The van der Waals surface area contributed by atoms with Crippen molar-refractivity contribution in [2.24, 2.45) is 0 Å². The molecule has 32 rings (SSSR count). The second-order valence-electron chi connectivity index (χ2n) is 38.6. The zero-order valence-corrected chi connectivity index (χ0v) is 79.0. The normalized spacial score (nSPS) is 12.0. The van der Waals surface area contributed by atoms with Crippen LogP contribution in [0.3, 0.4) is 0 Å². The van der Waals surface area contributed by atoms with E-state index < -0.39 is 0 Å². The Morgan fingerprint density at radius 3 is 1.03 bits per heavy atom. The van der Waals surface area contributed by atoms with E-state index in [0.29, 0.717) is 0 Å². The minimum absolute atomic E-state index is 1.15. The molecule has 7 heterocycles. The van der Waals surface area contributed by atoms with Crippen molar-refractivity contribution in [2.75, 3.05) is 0 Å². The number of hydrogen-bond acceptors (Lipinski definition) is 0. The number of aromatic nitrogens is 5. The lowest BCUT2D eigenvalue weighted by Gasteiger charge is -2.17. The fraction of sp³-hybridized carbons (Fsp3) is 0. The van der Waals surface area contributed by atoms with E-state index in [0.717, 1.165) is 17.1 Å².